The number of carbonyl (C=O) groups excluding carboxylic acids is 1. The van der Waals surface area contributed by atoms with Crippen molar-refractivity contribution in [2.75, 3.05) is 0 Å². The lowest BCUT2D eigenvalue weighted by Gasteiger charge is -2.18. The van der Waals surface area contributed by atoms with Gasteiger partial charge in [0.2, 0.25) is 0 Å². The number of halogens is 3. The van der Waals surface area contributed by atoms with Crippen molar-refractivity contribution in [1.82, 2.24) is 5.32 Å². The van der Waals surface area contributed by atoms with E-state index in [9.17, 15) is 4.79 Å². The molecular formula is C16H14Br2INO. The van der Waals surface area contributed by atoms with Crippen molar-refractivity contribution in [3.63, 3.8) is 0 Å². The van der Waals surface area contributed by atoms with Crippen molar-refractivity contribution in [2.45, 2.75) is 19.4 Å². The number of hydrogen-bond acceptors (Lipinski definition) is 1. The van der Waals surface area contributed by atoms with Gasteiger partial charge in [-0.05, 0) is 64.9 Å². The number of carbonyl (C=O) groups is 1. The van der Waals surface area contributed by atoms with Crippen LogP contribution in [0.4, 0.5) is 0 Å². The van der Waals surface area contributed by atoms with E-state index >= 15 is 0 Å². The van der Waals surface area contributed by atoms with Crippen LogP contribution < -0.4 is 5.32 Å². The second-order valence-corrected chi connectivity index (χ2v) is 7.60. The molecule has 2 rings (SSSR count). The fourth-order valence-corrected chi connectivity index (χ4v) is 3.23. The maximum absolute atomic E-state index is 12.5. The zero-order chi connectivity index (χ0) is 15.4. The molecule has 0 aliphatic carbocycles. The first kappa shape index (κ1) is 17.0. The van der Waals surface area contributed by atoms with Crippen LogP contribution >= 0.6 is 54.5 Å². The van der Waals surface area contributed by atoms with E-state index in [1.807, 2.05) is 42.5 Å². The molecule has 0 aliphatic rings. The van der Waals surface area contributed by atoms with Gasteiger partial charge in [-0.3, -0.25) is 4.79 Å². The van der Waals surface area contributed by atoms with Gasteiger partial charge in [-0.25, -0.2) is 0 Å². The summed E-state index contributed by atoms with van der Waals surface area (Å²) >= 11 is 9.02. The van der Waals surface area contributed by atoms with Crippen LogP contribution in [0.25, 0.3) is 0 Å². The van der Waals surface area contributed by atoms with Gasteiger partial charge in [-0.1, -0.05) is 50.9 Å². The summed E-state index contributed by atoms with van der Waals surface area (Å²) in [5, 5.41) is 3.11. The standard InChI is InChI=1S/C16H14Br2INO/c1-2-15(10-3-5-11(17)6-4-10)20-16(21)13-9-12(18)7-8-14(13)19/h3-9,15H,2H2,1H3,(H,20,21). The van der Waals surface area contributed by atoms with Crippen LogP contribution in [-0.4, -0.2) is 5.91 Å². The Kier molecular flexibility index (Phi) is 6.25. The van der Waals surface area contributed by atoms with Gasteiger partial charge in [0.1, 0.15) is 0 Å². The molecule has 1 unspecified atom stereocenters. The Morgan fingerprint density at radius 3 is 2.38 bits per heavy atom. The van der Waals surface area contributed by atoms with Crippen LogP contribution in [-0.2, 0) is 0 Å². The van der Waals surface area contributed by atoms with E-state index in [1.165, 1.54) is 0 Å². The molecule has 0 heterocycles. The Balaban J connectivity index is 2.20. The minimum absolute atomic E-state index is 0.0142. The summed E-state index contributed by atoms with van der Waals surface area (Å²) in [5.41, 5.74) is 1.81. The first-order valence-corrected chi connectivity index (χ1v) is 9.19. The van der Waals surface area contributed by atoms with Gasteiger partial charge in [0, 0.05) is 12.5 Å². The van der Waals surface area contributed by atoms with Crippen molar-refractivity contribution in [2.24, 2.45) is 0 Å². The van der Waals surface area contributed by atoms with Gasteiger partial charge in [0.25, 0.3) is 5.91 Å². The Morgan fingerprint density at radius 2 is 1.76 bits per heavy atom. The third-order valence-corrected chi connectivity index (χ3v) is 5.12. The lowest BCUT2D eigenvalue weighted by molar-refractivity contribution is 0.0934. The van der Waals surface area contributed by atoms with Gasteiger partial charge in [-0.2, -0.15) is 0 Å². The molecule has 2 nitrogen and oxygen atoms in total. The van der Waals surface area contributed by atoms with E-state index in [1.54, 1.807) is 0 Å². The van der Waals surface area contributed by atoms with Crippen LogP contribution in [0, 0.1) is 3.57 Å². The van der Waals surface area contributed by atoms with Crippen molar-refractivity contribution < 1.29 is 4.79 Å². The third-order valence-electron chi connectivity index (χ3n) is 3.16. The molecule has 1 amide bonds. The number of amides is 1. The van der Waals surface area contributed by atoms with Gasteiger partial charge in [0.05, 0.1) is 11.6 Å². The van der Waals surface area contributed by atoms with E-state index < -0.39 is 0 Å². The fourth-order valence-electron chi connectivity index (χ4n) is 2.02. The monoisotopic (exact) mass is 521 g/mol. The molecule has 0 aliphatic heterocycles. The average molecular weight is 523 g/mol. The maximum Gasteiger partial charge on any atom is 0.252 e. The Labute approximate surface area is 155 Å². The first-order chi connectivity index (χ1) is 10.0. The maximum atomic E-state index is 12.5. The summed E-state index contributed by atoms with van der Waals surface area (Å²) in [6.07, 6.45) is 0.845. The zero-order valence-electron chi connectivity index (χ0n) is 11.4. The molecular weight excluding hydrogens is 509 g/mol. The van der Waals surface area contributed by atoms with Gasteiger partial charge in [0.15, 0.2) is 0 Å². The molecule has 0 fully saturated rings. The quantitative estimate of drug-likeness (QED) is 0.513. The molecule has 5 heteroatoms. The van der Waals surface area contributed by atoms with Crippen molar-refractivity contribution in [3.05, 3.63) is 66.1 Å². The largest absolute Gasteiger partial charge is 0.345 e. The van der Waals surface area contributed by atoms with E-state index in [0.29, 0.717) is 5.56 Å². The molecule has 1 atom stereocenters. The van der Waals surface area contributed by atoms with Gasteiger partial charge in [-0.15, -0.1) is 0 Å². The van der Waals surface area contributed by atoms with Crippen LogP contribution in [0.2, 0.25) is 0 Å². The lowest BCUT2D eigenvalue weighted by atomic mass is 10.0. The first-order valence-electron chi connectivity index (χ1n) is 6.52. The number of hydrogen-bond donors (Lipinski definition) is 1. The lowest BCUT2D eigenvalue weighted by Crippen LogP contribution is -2.28. The highest BCUT2D eigenvalue weighted by molar-refractivity contribution is 14.1. The van der Waals surface area contributed by atoms with Gasteiger partial charge < -0.3 is 5.32 Å². The SMILES string of the molecule is CCC(NC(=O)c1cc(Br)ccc1I)c1ccc(Br)cc1. The molecule has 110 valence electrons. The van der Waals surface area contributed by atoms with Crippen LogP contribution in [0.5, 0.6) is 0 Å². The molecule has 0 aromatic heterocycles. The Bertz CT molecular complexity index is 643. The molecule has 0 bridgehead atoms. The topological polar surface area (TPSA) is 29.1 Å². The second-order valence-electron chi connectivity index (χ2n) is 4.61. The second kappa shape index (κ2) is 7.74. The van der Waals surface area contributed by atoms with Crippen molar-refractivity contribution in [1.29, 1.82) is 0 Å². The summed E-state index contributed by atoms with van der Waals surface area (Å²) in [7, 11) is 0. The molecule has 21 heavy (non-hydrogen) atoms. The van der Waals surface area contributed by atoms with E-state index in [-0.39, 0.29) is 11.9 Å². The predicted octanol–water partition coefficient (Wildman–Crippen LogP) is 5.70. The van der Waals surface area contributed by atoms with E-state index in [0.717, 1.165) is 24.5 Å². The normalized spacial score (nSPS) is 12.0. The number of rotatable bonds is 4. The fraction of sp³-hybridized carbons (Fsp3) is 0.188. The minimum Gasteiger partial charge on any atom is -0.345 e. The summed E-state index contributed by atoms with van der Waals surface area (Å²) < 4.78 is 2.89. The van der Waals surface area contributed by atoms with Crippen molar-refractivity contribution >= 4 is 60.4 Å². The molecule has 0 saturated heterocycles. The van der Waals surface area contributed by atoms with Crippen LogP contribution in [0.15, 0.2) is 51.4 Å². The minimum atomic E-state index is -0.0459. The van der Waals surface area contributed by atoms with E-state index in [2.05, 4.69) is 66.7 Å². The molecule has 0 radical (unpaired) electrons. The van der Waals surface area contributed by atoms with Crippen LogP contribution in [0.3, 0.4) is 0 Å². The predicted molar refractivity (Wildman–Crippen MR) is 101 cm³/mol. The number of benzene rings is 2. The zero-order valence-corrected chi connectivity index (χ0v) is 16.7. The highest BCUT2D eigenvalue weighted by Crippen LogP contribution is 2.22. The highest BCUT2D eigenvalue weighted by Gasteiger charge is 2.16. The average Bonchev–Trinajstić information content (AvgIpc) is 2.48. The molecule has 0 spiro atoms. The highest BCUT2D eigenvalue weighted by atomic mass is 127. The summed E-state index contributed by atoms with van der Waals surface area (Å²) in [6.45, 7) is 2.07. The smallest absolute Gasteiger partial charge is 0.252 e. The third kappa shape index (κ3) is 4.53. The Morgan fingerprint density at radius 1 is 1.14 bits per heavy atom. The van der Waals surface area contributed by atoms with E-state index in [4.69, 9.17) is 0 Å². The summed E-state index contributed by atoms with van der Waals surface area (Å²) in [4.78, 5) is 12.5. The summed E-state index contributed by atoms with van der Waals surface area (Å²) in [5.74, 6) is -0.0459. The van der Waals surface area contributed by atoms with Crippen LogP contribution in [0.1, 0.15) is 35.3 Å². The van der Waals surface area contributed by atoms with Gasteiger partial charge >= 0.3 is 0 Å². The number of nitrogens with one attached hydrogen (secondary N) is 1. The Hall–Kier alpha value is -0.400. The molecule has 0 saturated carbocycles. The summed E-state index contributed by atoms with van der Waals surface area (Å²) in [6, 6.07) is 13.8. The van der Waals surface area contributed by atoms with Crippen molar-refractivity contribution in [3.8, 4) is 0 Å². The molecule has 2 aromatic rings. The molecule has 2 aromatic carbocycles. The molecule has 1 N–H and O–H groups in total.